The average Bonchev–Trinajstić information content (AvgIpc) is 3.17. The van der Waals surface area contributed by atoms with Gasteiger partial charge >= 0.3 is 0 Å². The molecule has 0 unspecified atom stereocenters. The average molecular weight is 378 g/mol. The van der Waals surface area contributed by atoms with E-state index in [1.54, 1.807) is 26.4 Å². The molecule has 144 valence electrons. The van der Waals surface area contributed by atoms with Gasteiger partial charge in [0.05, 0.1) is 5.52 Å². The van der Waals surface area contributed by atoms with Crippen molar-refractivity contribution in [2.24, 2.45) is 0 Å². The number of carbonyl (C=O) groups is 1. The number of nitrogens with one attached hydrogen (secondary N) is 1. The lowest BCUT2D eigenvalue weighted by atomic mass is 9.97. The van der Waals surface area contributed by atoms with Crippen LogP contribution in [0, 0.1) is 12.7 Å². The smallest absolute Gasteiger partial charge is 0.269 e. The quantitative estimate of drug-likeness (QED) is 0.749. The van der Waals surface area contributed by atoms with Crippen molar-refractivity contribution in [1.82, 2.24) is 14.9 Å². The molecule has 28 heavy (non-hydrogen) atoms. The number of nitrogens with zero attached hydrogens (tertiary/aromatic N) is 3. The van der Waals surface area contributed by atoms with Gasteiger partial charge in [-0.05, 0) is 48.7 Å². The highest BCUT2D eigenvalue weighted by Crippen LogP contribution is 2.32. The molecule has 2 aromatic heterocycles. The van der Waals surface area contributed by atoms with Gasteiger partial charge in [0, 0.05) is 44.3 Å². The largest absolute Gasteiger partial charge is 0.352 e. The number of benzene rings is 1. The number of halogens is 1. The summed E-state index contributed by atoms with van der Waals surface area (Å²) in [7, 11) is 3.36. The van der Waals surface area contributed by atoms with E-state index in [4.69, 9.17) is 0 Å². The molecule has 1 N–H and O–H groups in total. The molecule has 1 aliphatic rings. The number of H-pyrrole nitrogens is 1. The van der Waals surface area contributed by atoms with Crippen LogP contribution in [0.3, 0.4) is 0 Å². The standard InChI is InChI=1S/C22H23FN4O/c1-14-11-17(15-7-6-10-27(13-15)19-8-4-5-9-24-19)20(23)21-16(14)12-18(25-21)22(28)26(2)3/h4-5,7-9,11-12,25H,6,10,13H2,1-3H3. The predicted molar refractivity (Wildman–Crippen MR) is 110 cm³/mol. The summed E-state index contributed by atoms with van der Waals surface area (Å²) in [5.41, 5.74) is 3.24. The molecule has 0 radical (unpaired) electrons. The van der Waals surface area contributed by atoms with Gasteiger partial charge in [-0.15, -0.1) is 0 Å². The maximum Gasteiger partial charge on any atom is 0.269 e. The third-order valence-corrected chi connectivity index (χ3v) is 5.17. The van der Waals surface area contributed by atoms with Gasteiger partial charge in [0.2, 0.25) is 0 Å². The van der Waals surface area contributed by atoms with Gasteiger partial charge in [-0.25, -0.2) is 9.37 Å². The van der Waals surface area contributed by atoms with E-state index < -0.39 is 0 Å². The number of aromatic nitrogens is 2. The molecule has 3 heterocycles. The van der Waals surface area contributed by atoms with Crippen molar-refractivity contribution in [3.8, 4) is 0 Å². The van der Waals surface area contributed by atoms with Crippen LogP contribution in [0.25, 0.3) is 16.5 Å². The lowest BCUT2D eigenvalue weighted by molar-refractivity contribution is 0.0823. The zero-order valence-corrected chi connectivity index (χ0v) is 16.3. The van der Waals surface area contributed by atoms with E-state index in [1.807, 2.05) is 31.2 Å². The number of rotatable bonds is 3. The topological polar surface area (TPSA) is 52.2 Å². The fourth-order valence-electron chi connectivity index (χ4n) is 3.70. The van der Waals surface area contributed by atoms with E-state index in [0.717, 1.165) is 35.3 Å². The van der Waals surface area contributed by atoms with Crippen molar-refractivity contribution in [3.05, 3.63) is 65.2 Å². The lowest BCUT2D eigenvalue weighted by Crippen LogP contribution is -2.30. The van der Waals surface area contributed by atoms with Gasteiger partial charge in [0.25, 0.3) is 5.91 Å². The highest BCUT2D eigenvalue weighted by Gasteiger charge is 2.22. The minimum absolute atomic E-state index is 0.172. The molecule has 0 fully saturated rings. The molecule has 0 saturated carbocycles. The molecule has 1 aliphatic heterocycles. The second-order valence-electron chi connectivity index (χ2n) is 7.35. The summed E-state index contributed by atoms with van der Waals surface area (Å²) < 4.78 is 15.4. The van der Waals surface area contributed by atoms with Crippen LogP contribution in [-0.2, 0) is 0 Å². The Morgan fingerprint density at radius 3 is 2.82 bits per heavy atom. The highest BCUT2D eigenvalue weighted by atomic mass is 19.1. The summed E-state index contributed by atoms with van der Waals surface area (Å²) in [5, 5.41) is 0.740. The number of pyridine rings is 1. The van der Waals surface area contributed by atoms with E-state index in [2.05, 4.69) is 20.9 Å². The Kier molecular flexibility index (Phi) is 4.63. The molecular weight excluding hydrogens is 355 g/mol. The molecule has 1 amide bonds. The monoisotopic (exact) mass is 378 g/mol. The number of anilines is 1. The number of hydrogen-bond acceptors (Lipinski definition) is 3. The van der Waals surface area contributed by atoms with E-state index in [0.29, 0.717) is 23.3 Å². The van der Waals surface area contributed by atoms with Crippen LogP contribution in [0.4, 0.5) is 10.2 Å². The molecule has 0 atom stereocenters. The summed E-state index contributed by atoms with van der Waals surface area (Å²) >= 11 is 0. The van der Waals surface area contributed by atoms with Gasteiger partial charge in [0.15, 0.2) is 5.82 Å². The summed E-state index contributed by atoms with van der Waals surface area (Å²) in [5.74, 6) is 0.410. The van der Waals surface area contributed by atoms with Crippen molar-refractivity contribution in [3.63, 3.8) is 0 Å². The van der Waals surface area contributed by atoms with Crippen molar-refractivity contribution in [1.29, 1.82) is 0 Å². The summed E-state index contributed by atoms with van der Waals surface area (Å²) in [6.45, 7) is 3.40. The maximum atomic E-state index is 15.4. The molecular formula is C22H23FN4O. The van der Waals surface area contributed by atoms with Crippen LogP contribution in [0.15, 0.2) is 42.6 Å². The molecule has 0 spiro atoms. The van der Waals surface area contributed by atoms with E-state index in [1.165, 1.54) is 4.90 Å². The van der Waals surface area contributed by atoms with Gasteiger partial charge in [-0.1, -0.05) is 12.1 Å². The second kappa shape index (κ2) is 7.11. The molecule has 0 saturated heterocycles. The zero-order valence-electron chi connectivity index (χ0n) is 16.3. The number of fused-ring (bicyclic) bond motifs is 1. The minimum Gasteiger partial charge on any atom is -0.352 e. The first kappa shape index (κ1) is 18.2. The Hall–Kier alpha value is -3.15. The third kappa shape index (κ3) is 3.15. The Bertz CT molecular complexity index is 1070. The molecule has 5 nitrogen and oxygen atoms in total. The third-order valence-electron chi connectivity index (χ3n) is 5.17. The van der Waals surface area contributed by atoms with E-state index in [9.17, 15) is 4.79 Å². The first-order chi connectivity index (χ1) is 13.5. The second-order valence-corrected chi connectivity index (χ2v) is 7.35. The lowest BCUT2D eigenvalue weighted by Gasteiger charge is -2.28. The Balaban J connectivity index is 1.73. The molecule has 0 bridgehead atoms. The minimum atomic E-state index is -0.312. The number of amides is 1. The number of aryl methyl sites for hydroxylation is 1. The predicted octanol–water partition coefficient (Wildman–Crippen LogP) is 4.01. The van der Waals surface area contributed by atoms with Gasteiger partial charge < -0.3 is 14.8 Å². The van der Waals surface area contributed by atoms with E-state index in [-0.39, 0.29) is 11.7 Å². The van der Waals surface area contributed by atoms with Crippen molar-refractivity contribution in [2.75, 3.05) is 32.1 Å². The molecule has 4 rings (SSSR count). The van der Waals surface area contributed by atoms with Crippen LogP contribution in [-0.4, -0.2) is 48.0 Å². The molecule has 1 aromatic carbocycles. The Morgan fingerprint density at radius 2 is 2.11 bits per heavy atom. The van der Waals surface area contributed by atoms with Crippen LogP contribution in [0.1, 0.15) is 28.0 Å². The Labute approximate surface area is 163 Å². The normalized spacial score (nSPS) is 14.3. The summed E-state index contributed by atoms with van der Waals surface area (Å²) in [4.78, 5) is 23.3. The number of carbonyl (C=O) groups excluding carboxylic acids is 1. The van der Waals surface area contributed by atoms with Crippen LogP contribution < -0.4 is 4.90 Å². The first-order valence-electron chi connectivity index (χ1n) is 9.34. The van der Waals surface area contributed by atoms with Gasteiger partial charge in [-0.2, -0.15) is 0 Å². The number of aromatic amines is 1. The fraction of sp³-hybridized carbons (Fsp3) is 0.273. The van der Waals surface area contributed by atoms with Crippen molar-refractivity contribution in [2.45, 2.75) is 13.3 Å². The van der Waals surface area contributed by atoms with Gasteiger partial charge in [-0.3, -0.25) is 4.79 Å². The van der Waals surface area contributed by atoms with E-state index >= 15 is 4.39 Å². The van der Waals surface area contributed by atoms with Crippen LogP contribution >= 0.6 is 0 Å². The molecule has 3 aromatic rings. The maximum absolute atomic E-state index is 15.4. The van der Waals surface area contributed by atoms with Crippen LogP contribution in [0.5, 0.6) is 0 Å². The fourth-order valence-corrected chi connectivity index (χ4v) is 3.70. The first-order valence-corrected chi connectivity index (χ1v) is 9.34. The molecule has 0 aliphatic carbocycles. The summed E-state index contributed by atoms with van der Waals surface area (Å²) in [6.07, 6.45) is 4.70. The van der Waals surface area contributed by atoms with Crippen molar-refractivity contribution < 1.29 is 9.18 Å². The number of hydrogen-bond donors (Lipinski definition) is 1. The van der Waals surface area contributed by atoms with Crippen LogP contribution in [0.2, 0.25) is 0 Å². The highest BCUT2D eigenvalue weighted by molar-refractivity contribution is 5.99. The van der Waals surface area contributed by atoms with Crippen molar-refractivity contribution >= 4 is 28.2 Å². The SMILES string of the molecule is Cc1cc(C2=CCCN(c3ccccn3)C2)c(F)c2[nH]c(C(=O)N(C)C)cc12. The van der Waals surface area contributed by atoms with Gasteiger partial charge in [0.1, 0.15) is 11.5 Å². The summed E-state index contributed by atoms with van der Waals surface area (Å²) in [6, 6.07) is 9.43. The zero-order chi connectivity index (χ0) is 19.8. The Morgan fingerprint density at radius 1 is 1.29 bits per heavy atom. The molecule has 6 heteroatoms.